The minimum absolute atomic E-state index is 0.0540. The van der Waals surface area contributed by atoms with Gasteiger partial charge in [-0.25, -0.2) is 4.79 Å². The van der Waals surface area contributed by atoms with Crippen LogP contribution in [-0.2, 0) is 24.6 Å². The van der Waals surface area contributed by atoms with Crippen LogP contribution in [0.3, 0.4) is 0 Å². The first kappa shape index (κ1) is 31.4. The lowest BCUT2D eigenvalue weighted by Crippen LogP contribution is -2.64. The van der Waals surface area contributed by atoms with Gasteiger partial charge in [0.25, 0.3) is 10.2 Å². The molecule has 2 fully saturated rings. The minimum Gasteiger partial charge on any atom is -0.479 e. The van der Waals surface area contributed by atoms with Crippen molar-refractivity contribution in [2.45, 2.75) is 88.9 Å². The molecule has 9 N–H and O–H groups in total. The third kappa shape index (κ3) is 6.99. The largest absolute Gasteiger partial charge is 0.479 e. The van der Waals surface area contributed by atoms with Crippen molar-refractivity contribution in [1.82, 2.24) is 19.2 Å². The average molecular weight is 548 g/mol. The second-order valence-electron chi connectivity index (χ2n) is 10.3. The maximum atomic E-state index is 13.7. The lowest BCUT2D eigenvalue weighted by atomic mass is 9.78. The number of likely N-dealkylation sites (N-methyl/N-ethyl adjacent to an activating group) is 1. The number of carboxylic acids is 1. The second-order valence-corrected chi connectivity index (χ2v) is 12.2. The van der Waals surface area contributed by atoms with Crippen molar-refractivity contribution in [3.63, 3.8) is 0 Å². The molecule has 14 nitrogen and oxygen atoms in total. The van der Waals surface area contributed by atoms with E-state index in [0.29, 0.717) is 12.8 Å². The molecule has 1 unspecified atom stereocenters. The van der Waals surface area contributed by atoms with Gasteiger partial charge in [-0.3, -0.25) is 9.59 Å². The average Bonchev–Trinajstić information content (AvgIpc) is 3.43. The fourth-order valence-corrected chi connectivity index (χ4v) is 6.71. The summed E-state index contributed by atoms with van der Waals surface area (Å²) in [4.78, 5) is 37.6. The molecule has 5 atom stereocenters. The zero-order valence-electron chi connectivity index (χ0n) is 21.9. The van der Waals surface area contributed by atoms with Gasteiger partial charge in [-0.05, 0) is 46.4 Å². The summed E-state index contributed by atoms with van der Waals surface area (Å²) in [6.07, 6.45) is 1.57. The van der Waals surface area contributed by atoms with Crippen LogP contribution >= 0.6 is 0 Å². The van der Waals surface area contributed by atoms with Crippen LogP contribution in [0.25, 0.3) is 0 Å². The van der Waals surface area contributed by atoms with E-state index in [0.717, 1.165) is 4.31 Å². The number of hydrogen-bond donors (Lipinski definition) is 7. The molecule has 1 aliphatic heterocycles. The third-order valence-corrected chi connectivity index (χ3v) is 9.58. The second kappa shape index (κ2) is 11.9. The first-order chi connectivity index (χ1) is 17.0. The van der Waals surface area contributed by atoms with Crippen molar-refractivity contribution in [3.8, 4) is 0 Å². The molecule has 2 rings (SSSR count). The van der Waals surface area contributed by atoms with Gasteiger partial charge in [0.15, 0.2) is 5.54 Å². The summed E-state index contributed by atoms with van der Waals surface area (Å²) in [5.41, 5.74) is 9.14. The number of aliphatic carboxylic acids is 1. The van der Waals surface area contributed by atoms with Crippen molar-refractivity contribution in [1.29, 1.82) is 0 Å². The Bertz CT molecular complexity index is 963. The Morgan fingerprint density at radius 2 is 1.78 bits per heavy atom. The lowest BCUT2D eigenvalue weighted by Gasteiger charge is -2.35. The van der Waals surface area contributed by atoms with E-state index >= 15 is 0 Å². The topological polar surface area (TPSA) is 229 Å². The van der Waals surface area contributed by atoms with Gasteiger partial charge in [0.1, 0.15) is 6.04 Å². The smallest absolute Gasteiger partial charge is 0.451 e. The Morgan fingerprint density at radius 1 is 1.19 bits per heavy atom. The summed E-state index contributed by atoms with van der Waals surface area (Å²) >= 11 is 0. The predicted octanol–water partition coefficient (Wildman–Crippen LogP) is -2.59. The van der Waals surface area contributed by atoms with Crippen LogP contribution in [0.4, 0.5) is 0 Å². The number of carbonyl (C=O) groups excluding carboxylic acids is 2. The number of rotatable bonds is 14. The zero-order chi connectivity index (χ0) is 28.3. The summed E-state index contributed by atoms with van der Waals surface area (Å²) in [5.74, 6) is -3.75. The van der Waals surface area contributed by atoms with Crippen LogP contribution in [-0.4, -0.2) is 106 Å². The highest BCUT2D eigenvalue weighted by atomic mass is 32.2. The molecule has 212 valence electrons. The molecule has 0 bridgehead atoms. The quantitative estimate of drug-likeness (QED) is 0.112. The van der Waals surface area contributed by atoms with Crippen molar-refractivity contribution in [2.24, 2.45) is 17.4 Å². The number of carboxylic acid groups (broad SMARTS) is 1. The van der Waals surface area contributed by atoms with Crippen molar-refractivity contribution >= 4 is 35.1 Å². The molecule has 37 heavy (non-hydrogen) atoms. The van der Waals surface area contributed by atoms with Gasteiger partial charge in [-0.15, -0.1) is 0 Å². The molecule has 1 saturated heterocycles. The molecular formula is C21H41BN6O8S. The van der Waals surface area contributed by atoms with Crippen LogP contribution in [0.5, 0.6) is 0 Å². The molecule has 2 aliphatic rings. The van der Waals surface area contributed by atoms with E-state index in [1.807, 2.05) is 0 Å². The van der Waals surface area contributed by atoms with E-state index in [1.165, 1.54) is 18.2 Å². The molecule has 16 heteroatoms. The molecule has 0 aromatic carbocycles. The maximum absolute atomic E-state index is 13.7. The molecule has 1 aliphatic carbocycles. The van der Waals surface area contributed by atoms with E-state index in [9.17, 15) is 38.0 Å². The third-order valence-electron chi connectivity index (χ3n) is 7.48. The van der Waals surface area contributed by atoms with E-state index in [2.05, 4.69) is 10.6 Å². The SMILES string of the molecule is CCN(C(C)C1(N)CC1)S(=O)(=O)N1C[C@H](CCCB(O)O)[C@](NC(=O)[C@H](C)NC(=O)[C@H](C)N)(C(=O)O)C1. The number of amides is 2. The van der Waals surface area contributed by atoms with Gasteiger partial charge in [0.05, 0.1) is 6.04 Å². The Labute approximate surface area is 218 Å². The van der Waals surface area contributed by atoms with E-state index in [1.54, 1.807) is 13.8 Å². The molecule has 1 heterocycles. The summed E-state index contributed by atoms with van der Waals surface area (Å²) in [7, 11) is -5.78. The fourth-order valence-electron chi connectivity index (χ4n) is 4.74. The molecular weight excluding hydrogens is 507 g/mol. The van der Waals surface area contributed by atoms with Crippen molar-refractivity contribution < 1.29 is 38.0 Å². The molecule has 0 aromatic heterocycles. The summed E-state index contributed by atoms with van der Waals surface area (Å²) in [6, 6.07) is -2.56. The molecule has 2 amide bonds. The van der Waals surface area contributed by atoms with Crippen LogP contribution in [0.1, 0.15) is 53.4 Å². The van der Waals surface area contributed by atoms with Gasteiger partial charge in [-0.1, -0.05) is 13.3 Å². The zero-order valence-corrected chi connectivity index (χ0v) is 22.7. The molecule has 0 spiro atoms. The van der Waals surface area contributed by atoms with E-state index in [4.69, 9.17) is 11.5 Å². The molecule has 1 saturated carbocycles. The maximum Gasteiger partial charge on any atom is 0.451 e. The van der Waals surface area contributed by atoms with Crippen LogP contribution in [0.15, 0.2) is 0 Å². The van der Waals surface area contributed by atoms with Crippen molar-refractivity contribution in [2.75, 3.05) is 19.6 Å². The van der Waals surface area contributed by atoms with Gasteiger partial charge < -0.3 is 37.3 Å². The number of nitrogens with one attached hydrogen (secondary N) is 2. The molecule has 0 radical (unpaired) electrons. The summed E-state index contributed by atoms with van der Waals surface area (Å²) in [6.45, 7) is 5.55. The lowest BCUT2D eigenvalue weighted by molar-refractivity contribution is -0.149. The highest BCUT2D eigenvalue weighted by molar-refractivity contribution is 7.86. The van der Waals surface area contributed by atoms with E-state index < -0.39 is 76.8 Å². The Balaban J connectivity index is 2.38. The predicted molar refractivity (Wildman–Crippen MR) is 136 cm³/mol. The van der Waals surface area contributed by atoms with Crippen LogP contribution in [0, 0.1) is 5.92 Å². The number of nitrogens with two attached hydrogens (primary N) is 2. The standard InChI is InChI=1S/C21H41BN6O8S/c1-5-28(15(4)20(24)8-9-20)37(35,36)27-11-16(7-6-10-22(33)34)21(12-27,19(31)32)26-18(30)14(3)25-17(29)13(2)23/h13-16,33-34H,5-12,23-24H2,1-4H3,(H,25,29)(H,26,30)(H,31,32)/t13-,14-,15?,16-,21-/m0/s1. The Hall–Kier alpha value is -1.82. The van der Waals surface area contributed by atoms with Gasteiger partial charge in [-0.2, -0.15) is 17.0 Å². The van der Waals surface area contributed by atoms with Crippen LogP contribution in [0.2, 0.25) is 6.32 Å². The monoisotopic (exact) mass is 548 g/mol. The van der Waals surface area contributed by atoms with Crippen LogP contribution < -0.4 is 22.1 Å². The fraction of sp³-hybridized carbons (Fsp3) is 0.857. The highest BCUT2D eigenvalue weighted by Crippen LogP contribution is 2.41. The Kier molecular flexibility index (Phi) is 10.1. The van der Waals surface area contributed by atoms with Crippen molar-refractivity contribution in [3.05, 3.63) is 0 Å². The number of hydrogen-bond acceptors (Lipinski definition) is 9. The summed E-state index contributed by atoms with van der Waals surface area (Å²) < 4.78 is 29.7. The minimum atomic E-state index is -4.17. The number of nitrogens with zero attached hydrogens (tertiary/aromatic N) is 2. The van der Waals surface area contributed by atoms with Gasteiger partial charge in [0.2, 0.25) is 11.8 Å². The highest BCUT2D eigenvalue weighted by Gasteiger charge is 2.58. The summed E-state index contributed by atoms with van der Waals surface area (Å²) in [5, 5.41) is 33.7. The molecule has 0 aromatic rings. The van der Waals surface area contributed by atoms with Gasteiger partial charge in [0, 0.05) is 37.1 Å². The Morgan fingerprint density at radius 3 is 2.24 bits per heavy atom. The van der Waals surface area contributed by atoms with E-state index in [-0.39, 0.29) is 32.3 Å². The first-order valence-electron chi connectivity index (χ1n) is 12.5. The number of carbonyl (C=O) groups is 3. The normalized spacial score (nSPS) is 25.8. The first-order valence-corrected chi connectivity index (χ1v) is 13.9. The van der Waals surface area contributed by atoms with Gasteiger partial charge >= 0.3 is 13.1 Å².